The molecule has 0 fully saturated rings. The van der Waals surface area contributed by atoms with E-state index in [-0.39, 0.29) is 18.3 Å². The quantitative estimate of drug-likeness (QED) is 0.289. The van der Waals surface area contributed by atoms with Gasteiger partial charge in [0.2, 0.25) is 0 Å². The summed E-state index contributed by atoms with van der Waals surface area (Å²) in [6, 6.07) is 16.6. The van der Waals surface area contributed by atoms with E-state index in [0.717, 1.165) is 23.4 Å². The van der Waals surface area contributed by atoms with Crippen LogP contribution in [0.4, 0.5) is 5.69 Å². The molecular formula is C26H25Cl2N3O3. The Morgan fingerprint density at radius 2 is 1.76 bits per heavy atom. The van der Waals surface area contributed by atoms with Crippen molar-refractivity contribution < 1.29 is 13.9 Å². The molecule has 0 unspecified atom stereocenters. The number of anilines is 1. The van der Waals surface area contributed by atoms with Gasteiger partial charge in [-0.15, -0.1) is 0 Å². The van der Waals surface area contributed by atoms with Crippen LogP contribution in [0.2, 0.25) is 10.0 Å². The summed E-state index contributed by atoms with van der Waals surface area (Å²) >= 11 is 12.6. The molecule has 0 saturated heterocycles. The Bertz CT molecular complexity index is 1290. The highest BCUT2D eigenvalue weighted by Gasteiger charge is 2.19. The summed E-state index contributed by atoms with van der Waals surface area (Å²) in [6.07, 6.45) is 0.975. The first-order valence-corrected chi connectivity index (χ1v) is 11.7. The Morgan fingerprint density at radius 1 is 1.06 bits per heavy atom. The van der Waals surface area contributed by atoms with Gasteiger partial charge in [-0.2, -0.15) is 5.10 Å². The van der Waals surface area contributed by atoms with Gasteiger partial charge in [0.05, 0.1) is 23.6 Å². The van der Waals surface area contributed by atoms with Crippen molar-refractivity contribution in [2.75, 3.05) is 5.32 Å². The Morgan fingerprint density at radius 3 is 2.44 bits per heavy atom. The van der Waals surface area contributed by atoms with Gasteiger partial charge in [0.15, 0.2) is 5.76 Å². The number of hydrogen-bond acceptors (Lipinski definition) is 4. The van der Waals surface area contributed by atoms with Gasteiger partial charge < -0.3 is 14.5 Å². The molecule has 4 aromatic rings. The third-order valence-corrected chi connectivity index (χ3v) is 6.30. The summed E-state index contributed by atoms with van der Waals surface area (Å²) in [5, 5.41) is 8.59. The van der Waals surface area contributed by atoms with Gasteiger partial charge in [-0.25, -0.2) is 0 Å². The highest BCUT2D eigenvalue weighted by Crippen LogP contribution is 2.28. The molecule has 1 N–H and O–H groups in total. The van der Waals surface area contributed by atoms with Crippen LogP contribution in [0, 0.1) is 13.8 Å². The zero-order valence-corrected chi connectivity index (χ0v) is 20.7. The standard InChI is InChI=1S/C26H25Cl2N3O3/c1-4-18-8-10-19(11-9-18)33-15-20-12-13-24(34-20)26(32)29-25-16(2)30-31(17(25)3)14-21-22(27)6-5-7-23(21)28/h5-13H,4,14-15H2,1-3H3,(H,29,32). The third kappa shape index (κ3) is 5.29. The number of amides is 1. The zero-order chi connectivity index (χ0) is 24.2. The Balaban J connectivity index is 1.42. The molecule has 176 valence electrons. The van der Waals surface area contributed by atoms with Crippen LogP contribution in [0.5, 0.6) is 5.75 Å². The van der Waals surface area contributed by atoms with Crippen LogP contribution in [-0.2, 0) is 19.6 Å². The van der Waals surface area contributed by atoms with Crippen LogP contribution in [-0.4, -0.2) is 15.7 Å². The summed E-state index contributed by atoms with van der Waals surface area (Å²) in [4.78, 5) is 12.8. The summed E-state index contributed by atoms with van der Waals surface area (Å²) in [5.41, 5.74) is 4.10. The van der Waals surface area contributed by atoms with E-state index >= 15 is 0 Å². The summed E-state index contributed by atoms with van der Waals surface area (Å²) < 4.78 is 13.2. The molecular weight excluding hydrogens is 473 g/mol. The molecule has 8 heteroatoms. The van der Waals surface area contributed by atoms with Crippen molar-refractivity contribution in [1.82, 2.24) is 9.78 Å². The lowest BCUT2D eigenvalue weighted by atomic mass is 10.2. The number of aryl methyl sites for hydroxylation is 2. The molecule has 0 atom stereocenters. The van der Waals surface area contributed by atoms with Crippen molar-refractivity contribution in [2.45, 2.75) is 40.3 Å². The number of ether oxygens (including phenoxy) is 1. The second-order valence-electron chi connectivity index (χ2n) is 7.91. The van der Waals surface area contributed by atoms with Gasteiger partial charge in [0.25, 0.3) is 5.91 Å². The van der Waals surface area contributed by atoms with Gasteiger partial charge in [0.1, 0.15) is 18.1 Å². The molecule has 0 bridgehead atoms. The minimum absolute atomic E-state index is 0.195. The summed E-state index contributed by atoms with van der Waals surface area (Å²) in [5.74, 6) is 1.14. The molecule has 0 aliphatic rings. The maximum Gasteiger partial charge on any atom is 0.291 e. The van der Waals surface area contributed by atoms with E-state index in [1.807, 2.05) is 38.1 Å². The van der Waals surface area contributed by atoms with Crippen LogP contribution in [0.1, 0.15) is 45.8 Å². The maximum absolute atomic E-state index is 12.8. The largest absolute Gasteiger partial charge is 0.486 e. The molecule has 0 aliphatic carbocycles. The first-order valence-electron chi connectivity index (χ1n) is 10.9. The van der Waals surface area contributed by atoms with Crippen molar-refractivity contribution in [3.8, 4) is 5.75 Å². The van der Waals surface area contributed by atoms with Crippen LogP contribution in [0.15, 0.2) is 59.0 Å². The van der Waals surface area contributed by atoms with Crippen LogP contribution < -0.4 is 10.1 Å². The summed E-state index contributed by atoms with van der Waals surface area (Å²) in [7, 11) is 0. The van der Waals surface area contributed by atoms with Gasteiger partial charge >= 0.3 is 0 Å². The fraction of sp³-hybridized carbons (Fsp3) is 0.231. The highest BCUT2D eigenvalue weighted by atomic mass is 35.5. The Kier molecular flexibility index (Phi) is 7.29. The number of nitrogens with zero attached hydrogens (tertiary/aromatic N) is 2. The zero-order valence-electron chi connectivity index (χ0n) is 19.2. The van der Waals surface area contributed by atoms with Crippen molar-refractivity contribution in [3.05, 3.63) is 98.7 Å². The summed E-state index contributed by atoms with van der Waals surface area (Å²) in [6.45, 7) is 6.44. The third-order valence-electron chi connectivity index (χ3n) is 5.59. The molecule has 0 radical (unpaired) electrons. The Hall–Kier alpha value is -3.22. The number of carbonyl (C=O) groups excluding carboxylic acids is 1. The molecule has 2 aromatic carbocycles. The van der Waals surface area contributed by atoms with E-state index in [2.05, 4.69) is 17.3 Å². The van der Waals surface area contributed by atoms with E-state index < -0.39 is 0 Å². The predicted molar refractivity (Wildman–Crippen MR) is 134 cm³/mol. The lowest BCUT2D eigenvalue weighted by Crippen LogP contribution is -2.12. The van der Waals surface area contributed by atoms with Gasteiger partial charge in [-0.05, 0) is 62.2 Å². The van der Waals surface area contributed by atoms with Crippen molar-refractivity contribution in [3.63, 3.8) is 0 Å². The van der Waals surface area contributed by atoms with E-state index in [1.165, 1.54) is 5.56 Å². The monoisotopic (exact) mass is 497 g/mol. The van der Waals surface area contributed by atoms with Gasteiger partial charge in [0, 0.05) is 15.6 Å². The Labute approximate surface area is 208 Å². The minimum atomic E-state index is -0.361. The second kappa shape index (κ2) is 10.4. The van der Waals surface area contributed by atoms with Crippen molar-refractivity contribution in [1.29, 1.82) is 0 Å². The van der Waals surface area contributed by atoms with Crippen molar-refractivity contribution >= 4 is 34.8 Å². The van der Waals surface area contributed by atoms with Crippen LogP contribution in [0.25, 0.3) is 0 Å². The van der Waals surface area contributed by atoms with Crippen molar-refractivity contribution in [2.24, 2.45) is 0 Å². The van der Waals surface area contributed by atoms with Gasteiger partial charge in [-0.3, -0.25) is 9.48 Å². The minimum Gasteiger partial charge on any atom is -0.486 e. The molecule has 2 heterocycles. The number of nitrogens with one attached hydrogen (secondary N) is 1. The van der Waals surface area contributed by atoms with E-state index in [9.17, 15) is 4.79 Å². The van der Waals surface area contributed by atoms with Crippen LogP contribution in [0.3, 0.4) is 0 Å². The topological polar surface area (TPSA) is 69.3 Å². The number of hydrogen-bond donors (Lipinski definition) is 1. The van der Waals surface area contributed by atoms with E-state index in [1.54, 1.807) is 35.0 Å². The molecule has 1 amide bonds. The highest BCUT2D eigenvalue weighted by molar-refractivity contribution is 6.36. The number of carbonyl (C=O) groups is 1. The molecule has 0 spiro atoms. The normalized spacial score (nSPS) is 11.0. The number of furan rings is 1. The fourth-order valence-electron chi connectivity index (χ4n) is 3.59. The lowest BCUT2D eigenvalue weighted by Gasteiger charge is -2.09. The maximum atomic E-state index is 12.8. The number of benzene rings is 2. The smallest absolute Gasteiger partial charge is 0.291 e. The van der Waals surface area contributed by atoms with E-state index in [0.29, 0.717) is 33.7 Å². The average Bonchev–Trinajstić information content (AvgIpc) is 3.41. The first kappa shape index (κ1) is 23.9. The number of aromatic nitrogens is 2. The van der Waals surface area contributed by atoms with Gasteiger partial charge in [-0.1, -0.05) is 48.3 Å². The lowest BCUT2D eigenvalue weighted by molar-refractivity contribution is 0.0992. The first-order chi connectivity index (χ1) is 16.4. The SMILES string of the molecule is CCc1ccc(OCc2ccc(C(=O)Nc3c(C)nn(Cc4c(Cl)cccc4Cl)c3C)o2)cc1. The molecule has 0 aliphatic heterocycles. The molecule has 2 aromatic heterocycles. The molecule has 6 nitrogen and oxygen atoms in total. The average molecular weight is 498 g/mol. The number of rotatable bonds is 8. The molecule has 4 rings (SSSR count). The molecule has 34 heavy (non-hydrogen) atoms. The van der Waals surface area contributed by atoms with Crippen LogP contribution >= 0.6 is 23.2 Å². The fourth-order valence-corrected chi connectivity index (χ4v) is 4.11. The molecule has 0 saturated carbocycles. The van der Waals surface area contributed by atoms with E-state index in [4.69, 9.17) is 32.4 Å². The predicted octanol–water partition coefficient (Wildman–Crippen LogP) is 6.84. The number of halogens is 2. The second-order valence-corrected chi connectivity index (χ2v) is 8.72.